The largest absolute Gasteiger partial charge is 0.337 e. The minimum atomic E-state index is -0.478. The molecule has 1 atom stereocenters. The number of likely N-dealkylation sites (N-methyl/N-ethyl adjacent to an activating group) is 1. The van der Waals surface area contributed by atoms with Crippen molar-refractivity contribution in [1.82, 2.24) is 4.90 Å². The maximum absolute atomic E-state index is 11.8. The Morgan fingerprint density at radius 2 is 2.27 bits per heavy atom. The van der Waals surface area contributed by atoms with E-state index in [1.807, 2.05) is 19.1 Å². The minimum absolute atomic E-state index is 0.0360. The summed E-state index contributed by atoms with van der Waals surface area (Å²) >= 11 is 0. The molecule has 0 radical (unpaired) electrons. The molecule has 15 heavy (non-hydrogen) atoms. The maximum Gasteiger partial charge on any atom is 0.244 e. The van der Waals surface area contributed by atoms with Crippen LogP contribution in [0.5, 0.6) is 0 Å². The number of carbonyl (C=O) groups excluding carboxylic acids is 1. The predicted molar refractivity (Wildman–Crippen MR) is 59.2 cm³/mol. The Balaban J connectivity index is 2.45. The van der Waals surface area contributed by atoms with Crippen LogP contribution in [0.4, 0.5) is 0 Å². The lowest BCUT2D eigenvalue weighted by molar-refractivity contribution is -0.134. The summed E-state index contributed by atoms with van der Waals surface area (Å²) in [6, 6.07) is 5.62. The second-order valence-electron chi connectivity index (χ2n) is 4.03. The van der Waals surface area contributed by atoms with E-state index >= 15 is 0 Å². The van der Waals surface area contributed by atoms with Gasteiger partial charge in [-0.25, -0.2) is 0 Å². The molecule has 2 rings (SSSR count). The molecule has 0 fully saturated rings. The van der Waals surface area contributed by atoms with Crippen molar-refractivity contribution < 1.29 is 4.79 Å². The lowest BCUT2D eigenvalue weighted by Gasteiger charge is -2.31. The average molecular weight is 204 g/mol. The van der Waals surface area contributed by atoms with Gasteiger partial charge in [0.05, 0.1) is 0 Å². The lowest BCUT2D eigenvalue weighted by Crippen LogP contribution is -2.42. The van der Waals surface area contributed by atoms with E-state index in [1.165, 1.54) is 11.1 Å². The number of hydrogen-bond donors (Lipinski definition) is 1. The van der Waals surface area contributed by atoms with Gasteiger partial charge in [-0.3, -0.25) is 4.79 Å². The zero-order chi connectivity index (χ0) is 11.0. The molecule has 0 aromatic heterocycles. The fraction of sp³-hybridized carbons (Fsp3) is 0.417. The van der Waals surface area contributed by atoms with Crippen LogP contribution in [0, 0.1) is 6.92 Å². The normalized spacial score (nSPS) is 20.3. The van der Waals surface area contributed by atoms with E-state index in [1.54, 1.807) is 4.90 Å². The first-order valence-electron chi connectivity index (χ1n) is 5.27. The number of aryl methyl sites for hydroxylation is 1. The quantitative estimate of drug-likeness (QED) is 0.750. The Hall–Kier alpha value is -1.35. The van der Waals surface area contributed by atoms with Crippen LogP contribution < -0.4 is 5.73 Å². The van der Waals surface area contributed by atoms with Gasteiger partial charge in [-0.15, -0.1) is 0 Å². The van der Waals surface area contributed by atoms with Gasteiger partial charge in [-0.05, 0) is 25.0 Å². The molecule has 1 aromatic rings. The van der Waals surface area contributed by atoms with Crippen molar-refractivity contribution in [3.05, 3.63) is 34.9 Å². The summed E-state index contributed by atoms with van der Waals surface area (Å²) in [6.07, 6.45) is 0. The summed E-state index contributed by atoms with van der Waals surface area (Å²) in [6.45, 7) is 5.45. The predicted octanol–water partition coefficient (Wildman–Crippen LogP) is 1.36. The van der Waals surface area contributed by atoms with Crippen molar-refractivity contribution in [2.24, 2.45) is 5.73 Å². The molecule has 1 aliphatic rings. The minimum Gasteiger partial charge on any atom is -0.337 e. The third-order valence-corrected chi connectivity index (χ3v) is 2.95. The highest BCUT2D eigenvalue weighted by Crippen LogP contribution is 2.26. The van der Waals surface area contributed by atoms with E-state index in [0.29, 0.717) is 6.54 Å². The molecule has 1 amide bonds. The van der Waals surface area contributed by atoms with Gasteiger partial charge in [-0.2, -0.15) is 0 Å². The van der Waals surface area contributed by atoms with Crippen LogP contribution in [0.15, 0.2) is 18.2 Å². The first-order valence-corrected chi connectivity index (χ1v) is 5.27. The van der Waals surface area contributed by atoms with Gasteiger partial charge in [-0.1, -0.05) is 23.8 Å². The zero-order valence-corrected chi connectivity index (χ0v) is 9.16. The van der Waals surface area contributed by atoms with Gasteiger partial charge < -0.3 is 10.6 Å². The Bertz CT molecular complexity index is 401. The van der Waals surface area contributed by atoms with E-state index < -0.39 is 6.04 Å². The number of hydrogen-bond acceptors (Lipinski definition) is 2. The second kappa shape index (κ2) is 3.66. The van der Waals surface area contributed by atoms with Crippen molar-refractivity contribution >= 4 is 5.91 Å². The standard InChI is InChI=1S/C12H16N2O/c1-3-14-7-9-6-8(2)4-5-10(9)11(13)12(14)15/h4-6,11H,3,7,13H2,1-2H3. The molecule has 1 unspecified atom stereocenters. The summed E-state index contributed by atoms with van der Waals surface area (Å²) in [5.41, 5.74) is 9.29. The smallest absolute Gasteiger partial charge is 0.244 e. The average Bonchev–Trinajstić information content (AvgIpc) is 2.23. The first-order chi connectivity index (χ1) is 7.13. The SMILES string of the molecule is CCN1Cc2cc(C)ccc2C(N)C1=O. The molecule has 0 bridgehead atoms. The van der Waals surface area contributed by atoms with Gasteiger partial charge in [0.15, 0.2) is 0 Å². The van der Waals surface area contributed by atoms with Crippen LogP contribution in [0.3, 0.4) is 0 Å². The monoisotopic (exact) mass is 204 g/mol. The number of nitrogens with two attached hydrogens (primary N) is 1. The van der Waals surface area contributed by atoms with Crippen LogP contribution in [-0.4, -0.2) is 17.4 Å². The molecule has 1 aliphatic heterocycles. The van der Waals surface area contributed by atoms with E-state index in [-0.39, 0.29) is 5.91 Å². The number of fused-ring (bicyclic) bond motifs is 1. The highest BCUT2D eigenvalue weighted by Gasteiger charge is 2.29. The van der Waals surface area contributed by atoms with Gasteiger partial charge >= 0.3 is 0 Å². The van der Waals surface area contributed by atoms with Crippen LogP contribution >= 0.6 is 0 Å². The van der Waals surface area contributed by atoms with Gasteiger partial charge in [0.25, 0.3) is 0 Å². The first kappa shape index (κ1) is 10.2. The fourth-order valence-electron chi connectivity index (χ4n) is 2.06. The van der Waals surface area contributed by atoms with Gasteiger partial charge in [0.1, 0.15) is 6.04 Å². The highest BCUT2D eigenvalue weighted by atomic mass is 16.2. The van der Waals surface area contributed by atoms with Crippen LogP contribution in [-0.2, 0) is 11.3 Å². The summed E-state index contributed by atoms with van der Waals surface area (Å²) in [7, 11) is 0. The molecule has 3 heteroatoms. The van der Waals surface area contributed by atoms with Crippen LogP contribution in [0.1, 0.15) is 29.7 Å². The van der Waals surface area contributed by atoms with Crippen molar-refractivity contribution in [1.29, 1.82) is 0 Å². The lowest BCUT2D eigenvalue weighted by atomic mass is 9.94. The molecule has 0 saturated heterocycles. The van der Waals surface area contributed by atoms with Crippen molar-refractivity contribution in [2.45, 2.75) is 26.4 Å². The third-order valence-electron chi connectivity index (χ3n) is 2.95. The molecule has 2 N–H and O–H groups in total. The van der Waals surface area contributed by atoms with Gasteiger partial charge in [0.2, 0.25) is 5.91 Å². The Morgan fingerprint density at radius 3 is 2.93 bits per heavy atom. The molecule has 80 valence electrons. The topological polar surface area (TPSA) is 46.3 Å². The van der Waals surface area contributed by atoms with Crippen molar-refractivity contribution in [3.8, 4) is 0 Å². The van der Waals surface area contributed by atoms with Crippen LogP contribution in [0.25, 0.3) is 0 Å². The maximum atomic E-state index is 11.8. The number of nitrogens with zero attached hydrogens (tertiary/aromatic N) is 1. The number of benzene rings is 1. The number of rotatable bonds is 1. The second-order valence-corrected chi connectivity index (χ2v) is 4.03. The fourth-order valence-corrected chi connectivity index (χ4v) is 2.06. The molecule has 1 heterocycles. The van der Waals surface area contributed by atoms with Gasteiger partial charge in [0, 0.05) is 13.1 Å². The van der Waals surface area contributed by atoms with E-state index in [4.69, 9.17) is 5.73 Å². The summed E-state index contributed by atoms with van der Waals surface area (Å²) in [4.78, 5) is 13.6. The molecule has 0 saturated carbocycles. The third kappa shape index (κ3) is 1.63. The molecular formula is C12H16N2O. The molecule has 0 spiro atoms. The van der Waals surface area contributed by atoms with Crippen molar-refractivity contribution in [3.63, 3.8) is 0 Å². The Morgan fingerprint density at radius 1 is 1.53 bits per heavy atom. The van der Waals surface area contributed by atoms with E-state index in [2.05, 4.69) is 13.0 Å². The summed E-state index contributed by atoms with van der Waals surface area (Å²) in [5.74, 6) is 0.0360. The zero-order valence-electron chi connectivity index (χ0n) is 9.16. The molecule has 3 nitrogen and oxygen atoms in total. The number of carbonyl (C=O) groups is 1. The summed E-state index contributed by atoms with van der Waals surface area (Å²) < 4.78 is 0. The van der Waals surface area contributed by atoms with Crippen molar-refractivity contribution in [2.75, 3.05) is 6.54 Å². The van der Waals surface area contributed by atoms with E-state index in [0.717, 1.165) is 12.1 Å². The molecule has 0 aliphatic carbocycles. The highest BCUT2D eigenvalue weighted by molar-refractivity contribution is 5.85. The summed E-state index contributed by atoms with van der Waals surface area (Å²) in [5, 5.41) is 0. The molecular weight excluding hydrogens is 188 g/mol. The van der Waals surface area contributed by atoms with Crippen LogP contribution in [0.2, 0.25) is 0 Å². The Labute approximate surface area is 89.9 Å². The Kier molecular flexibility index (Phi) is 2.49. The van der Waals surface area contributed by atoms with E-state index in [9.17, 15) is 4.79 Å². The molecule has 1 aromatic carbocycles. The number of amides is 1.